The standard InChI is InChI=1S/C28H30N4O4S/c1-17(2)12-20(30-27(35)24-14-19-7-3-4-8-23(19)37-24)28(36)31-11-9-21-26(31)22(33)16-32(21)25(34)13-18-6-5-10-29-15-18/h3-8,10,14-15,17,20-21,26H,9,11-13,16H2,1-2H3,(H,30,35). The average Bonchev–Trinajstić information content (AvgIpc) is 3.58. The first-order valence-electron chi connectivity index (χ1n) is 12.6. The van der Waals surface area contributed by atoms with Gasteiger partial charge in [-0.15, -0.1) is 11.3 Å². The van der Waals surface area contributed by atoms with Crippen LogP contribution in [-0.2, 0) is 20.8 Å². The number of benzene rings is 1. The zero-order valence-corrected chi connectivity index (χ0v) is 21.7. The lowest BCUT2D eigenvalue weighted by atomic mass is 10.0. The van der Waals surface area contributed by atoms with Crippen molar-refractivity contribution in [2.45, 2.75) is 51.2 Å². The van der Waals surface area contributed by atoms with Crippen LogP contribution in [0.4, 0.5) is 0 Å². The van der Waals surface area contributed by atoms with Crippen LogP contribution >= 0.6 is 11.3 Å². The second kappa shape index (κ2) is 10.4. The lowest BCUT2D eigenvalue weighted by molar-refractivity contribution is -0.138. The van der Waals surface area contributed by atoms with Gasteiger partial charge in [0.2, 0.25) is 11.8 Å². The van der Waals surface area contributed by atoms with E-state index in [1.54, 1.807) is 28.3 Å². The number of hydrogen-bond acceptors (Lipinski definition) is 6. The van der Waals surface area contributed by atoms with E-state index in [2.05, 4.69) is 10.3 Å². The number of carbonyl (C=O) groups is 4. The summed E-state index contributed by atoms with van der Waals surface area (Å²) >= 11 is 1.39. The third kappa shape index (κ3) is 5.13. The molecule has 0 aliphatic carbocycles. The molecule has 4 heterocycles. The first-order valence-corrected chi connectivity index (χ1v) is 13.4. The fraction of sp³-hybridized carbons (Fsp3) is 0.393. The lowest BCUT2D eigenvalue weighted by Gasteiger charge is -2.29. The van der Waals surface area contributed by atoms with Gasteiger partial charge in [-0.25, -0.2) is 0 Å². The van der Waals surface area contributed by atoms with E-state index in [0.717, 1.165) is 15.6 Å². The fourth-order valence-corrected chi connectivity index (χ4v) is 6.35. The Morgan fingerprint density at radius 1 is 1.14 bits per heavy atom. The summed E-state index contributed by atoms with van der Waals surface area (Å²) in [6, 6.07) is 11.5. The predicted molar refractivity (Wildman–Crippen MR) is 141 cm³/mol. The van der Waals surface area contributed by atoms with E-state index in [0.29, 0.717) is 24.3 Å². The van der Waals surface area contributed by atoms with Gasteiger partial charge in [0.05, 0.1) is 23.9 Å². The highest BCUT2D eigenvalue weighted by atomic mass is 32.1. The predicted octanol–water partition coefficient (Wildman–Crippen LogP) is 3.06. The minimum Gasteiger partial charge on any atom is -0.340 e. The Kier molecular flexibility index (Phi) is 7.06. The van der Waals surface area contributed by atoms with Crippen molar-refractivity contribution in [2.75, 3.05) is 13.1 Å². The van der Waals surface area contributed by atoms with Crippen LogP contribution in [0, 0.1) is 5.92 Å². The molecule has 3 aromatic rings. The number of rotatable bonds is 7. The first-order chi connectivity index (χ1) is 17.8. The number of nitrogens with zero attached hydrogens (tertiary/aromatic N) is 3. The first kappa shape index (κ1) is 25.1. The van der Waals surface area contributed by atoms with Gasteiger partial charge >= 0.3 is 0 Å². The molecule has 2 aliphatic heterocycles. The Morgan fingerprint density at radius 2 is 1.95 bits per heavy atom. The molecule has 192 valence electrons. The van der Waals surface area contributed by atoms with Gasteiger partial charge in [-0.05, 0) is 47.9 Å². The molecule has 9 heteroatoms. The highest BCUT2D eigenvalue weighted by Crippen LogP contribution is 2.31. The monoisotopic (exact) mass is 518 g/mol. The molecule has 0 saturated carbocycles. The molecule has 2 aliphatic rings. The van der Waals surface area contributed by atoms with Crippen molar-refractivity contribution in [3.8, 4) is 0 Å². The maximum atomic E-state index is 13.7. The molecule has 0 spiro atoms. The molecule has 0 radical (unpaired) electrons. The summed E-state index contributed by atoms with van der Waals surface area (Å²) < 4.78 is 1.01. The largest absolute Gasteiger partial charge is 0.340 e. The minimum absolute atomic E-state index is 0.00119. The van der Waals surface area contributed by atoms with E-state index in [1.807, 2.05) is 50.2 Å². The lowest BCUT2D eigenvalue weighted by Crippen LogP contribution is -2.52. The van der Waals surface area contributed by atoms with Crippen LogP contribution in [0.25, 0.3) is 10.1 Å². The molecular weight excluding hydrogens is 488 g/mol. The Bertz CT molecular complexity index is 1310. The van der Waals surface area contributed by atoms with Crippen molar-refractivity contribution in [1.82, 2.24) is 20.1 Å². The number of likely N-dealkylation sites (tertiary alicyclic amines) is 2. The third-order valence-corrected chi connectivity index (χ3v) is 8.18. The quantitative estimate of drug-likeness (QED) is 0.518. The van der Waals surface area contributed by atoms with Crippen LogP contribution in [-0.4, -0.2) is 69.5 Å². The summed E-state index contributed by atoms with van der Waals surface area (Å²) in [6.07, 6.45) is 4.46. The van der Waals surface area contributed by atoms with Crippen LogP contribution in [0.15, 0.2) is 54.9 Å². The van der Waals surface area contributed by atoms with E-state index < -0.39 is 12.1 Å². The number of fused-ring (bicyclic) bond motifs is 2. The van der Waals surface area contributed by atoms with Crippen LogP contribution < -0.4 is 5.32 Å². The molecule has 2 saturated heterocycles. The molecule has 8 nitrogen and oxygen atoms in total. The molecule has 3 unspecified atom stereocenters. The van der Waals surface area contributed by atoms with Crippen molar-refractivity contribution < 1.29 is 19.2 Å². The maximum Gasteiger partial charge on any atom is 0.262 e. The van der Waals surface area contributed by atoms with E-state index in [-0.39, 0.29) is 48.4 Å². The normalized spacial score (nSPS) is 19.9. The number of ketones is 1. The van der Waals surface area contributed by atoms with Crippen LogP contribution in [0.5, 0.6) is 0 Å². The minimum atomic E-state index is -0.746. The summed E-state index contributed by atoms with van der Waals surface area (Å²) in [7, 11) is 0. The summed E-state index contributed by atoms with van der Waals surface area (Å²) in [6.45, 7) is 4.38. The van der Waals surface area contributed by atoms with Gasteiger partial charge in [0.1, 0.15) is 12.1 Å². The van der Waals surface area contributed by atoms with Crippen molar-refractivity contribution in [2.24, 2.45) is 5.92 Å². The van der Waals surface area contributed by atoms with Gasteiger partial charge in [0.15, 0.2) is 5.78 Å². The smallest absolute Gasteiger partial charge is 0.262 e. The molecule has 2 aromatic heterocycles. The van der Waals surface area contributed by atoms with Gasteiger partial charge in [-0.3, -0.25) is 24.2 Å². The molecule has 3 atom stereocenters. The Labute approximate surface area is 219 Å². The molecule has 5 rings (SSSR count). The molecule has 1 N–H and O–H groups in total. The number of hydrogen-bond donors (Lipinski definition) is 1. The second-order valence-corrected chi connectivity index (χ2v) is 11.2. The summed E-state index contributed by atoms with van der Waals surface area (Å²) in [5.74, 6) is -0.658. The van der Waals surface area contributed by atoms with Crippen LogP contribution in [0.1, 0.15) is 41.9 Å². The van der Waals surface area contributed by atoms with Crippen molar-refractivity contribution >= 4 is 44.9 Å². The van der Waals surface area contributed by atoms with Gasteiger partial charge in [-0.2, -0.15) is 0 Å². The van der Waals surface area contributed by atoms with Crippen molar-refractivity contribution in [3.05, 3.63) is 65.3 Å². The van der Waals surface area contributed by atoms with Gasteiger partial charge in [0.25, 0.3) is 5.91 Å². The van der Waals surface area contributed by atoms with Crippen LogP contribution in [0.3, 0.4) is 0 Å². The van der Waals surface area contributed by atoms with Gasteiger partial charge in [0, 0.05) is 23.6 Å². The number of Topliss-reactive ketones (excluding diaryl/α,β-unsaturated/α-hetero) is 1. The number of pyridine rings is 1. The summed E-state index contributed by atoms with van der Waals surface area (Å²) in [4.78, 5) is 60.7. The molecule has 0 bridgehead atoms. The SMILES string of the molecule is CC(C)CC(NC(=O)c1cc2ccccc2s1)C(=O)N1CCC2C1C(=O)CN2C(=O)Cc1cccnc1. The number of amides is 3. The Morgan fingerprint density at radius 3 is 2.68 bits per heavy atom. The zero-order chi connectivity index (χ0) is 26.1. The summed E-state index contributed by atoms with van der Waals surface area (Å²) in [5.41, 5.74) is 0.787. The van der Waals surface area contributed by atoms with E-state index >= 15 is 0 Å². The highest BCUT2D eigenvalue weighted by Gasteiger charge is 2.52. The number of thiophene rings is 1. The summed E-state index contributed by atoms with van der Waals surface area (Å²) in [5, 5.41) is 3.93. The highest BCUT2D eigenvalue weighted by molar-refractivity contribution is 7.20. The molecule has 3 amide bonds. The topological polar surface area (TPSA) is 99.7 Å². The molecule has 2 fully saturated rings. The molecular formula is C28H30N4O4S. The van der Waals surface area contributed by atoms with Crippen molar-refractivity contribution in [3.63, 3.8) is 0 Å². The molecule has 37 heavy (non-hydrogen) atoms. The van der Waals surface area contributed by atoms with Crippen molar-refractivity contribution in [1.29, 1.82) is 0 Å². The number of carbonyl (C=O) groups excluding carboxylic acids is 4. The average molecular weight is 519 g/mol. The Hall–Kier alpha value is -3.59. The Balaban J connectivity index is 1.30. The van der Waals surface area contributed by atoms with E-state index in [4.69, 9.17) is 0 Å². The molecule has 1 aromatic carbocycles. The van der Waals surface area contributed by atoms with Gasteiger partial charge in [-0.1, -0.05) is 38.1 Å². The maximum absolute atomic E-state index is 13.7. The fourth-order valence-electron chi connectivity index (χ4n) is 5.38. The second-order valence-electron chi connectivity index (χ2n) is 10.2. The van der Waals surface area contributed by atoms with Crippen LogP contribution in [0.2, 0.25) is 0 Å². The third-order valence-electron chi connectivity index (χ3n) is 7.06. The van der Waals surface area contributed by atoms with Gasteiger partial charge < -0.3 is 15.1 Å². The number of aromatic nitrogens is 1. The zero-order valence-electron chi connectivity index (χ0n) is 20.9. The van der Waals surface area contributed by atoms with E-state index in [1.165, 1.54) is 11.3 Å². The number of nitrogens with one attached hydrogen (secondary N) is 1. The van der Waals surface area contributed by atoms with E-state index in [9.17, 15) is 19.2 Å².